The first-order valence-electron chi connectivity index (χ1n) is 3.78. The standard InChI is InChI=1S/C9H9BrN2/c1-6-3-7(2)9-11-8(10)5-12(9)4-6/h3-5H,1-2H3. The van der Waals surface area contributed by atoms with Crippen molar-refractivity contribution in [3.8, 4) is 0 Å². The zero-order valence-electron chi connectivity index (χ0n) is 7.00. The van der Waals surface area contributed by atoms with Gasteiger partial charge in [-0.3, -0.25) is 0 Å². The number of aromatic nitrogens is 2. The third-order valence-electron chi connectivity index (χ3n) is 1.84. The molecule has 0 bridgehead atoms. The van der Waals surface area contributed by atoms with E-state index in [4.69, 9.17) is 0 Å². The van der Waals surface area contributed by atoms with Crippen LogP contribution in [0.15, 0.2) is 23.1 Å². The highest BCUT2D eigenvalue weighted by Crippen LogP contribution is 2.15. The van der Waals surface area contributed by atoms with Crippen LogP contribution in [0, 0.1) is 13.8 Å². The van der Waals surface area contributed by atoms with E-state index in [1.165, 1.54) is 11.1 Å². The molecular weight excluding hydrogens is 216 g/mol. The van der Waals surface area contributed by atoms with Crippen molar-refractivity contribution in [2.75, 3.05) is 0 Å². The fourth-order valence-corrected chi connectivity index (χ4v) is 1.81. The van der Waals surface area contributed by atoms with Crippen molar-refractivity contribution < 1.29 is 0 Å². The van der Waals surface area contributed by atoms with E-state index in [1.807, 2.05) is 10.6 Å². The van der Waals surface area contributed by atoms with E-state index < -0.39 is 0 Å². The van der Waals surface area contributed by atoms with E-state index in [1.54, 1.807) is 0 Å². The quantitative estimate of drug-likeness (QED) is 0.673. The van der Waals surface area contributed by atoms with E-state index >= 15 is 0 Å². The van der Waals surface area contributed by atoms with Crippen molar-refractivity contribution in [2.45, 2.75) is 13.8 Å². The second kappa shape index (κ2) is 2.59. The average Bonchev–Trinajstić information content (AvgIpc) is 2.29. The number of pyridine rings is 1. The summed E-state index contributed by atoms with van der Waals surface area (Å²) in [4.78, 5) is 4.33. The van der Waals surface area contributed by atoms with Gasteiger partial charge in [0.25, 0.3) is 0 Å². The Labute approximate surface area is 79.4 Å². The van der Waals surface area contributed by atoms with Gasteiger partial charge in [0.15, 0.2) is 0 Å². The number of hydrogen-bond acceptors (Lipinski definition) is 1. The van der Waals surface area contributed by atoms with Crippen LogP contribution in [0.25, 0.3) is 5.65 Å². The van der Waals surface area contributed by atoms with Gasteiger partial charge < -0.3 is 4.40 Å². The highest BCUT2D eigenvalue weighted by molar-refractivity contribution is 9.10. The first kappa shape index (κ1) is 7.80. The lowest BCUT2D eigenvalue weighted by molar-refractivity contribution is 1.13. The molecule has 3 heteroatoms. The van der Waals surface area contributed by atoms with Gasteiger partial charge in [-0.05, 0) is 40.9 Å². The molecule has 0 aliphatic rings. The summed E-state index contributed by atoms with van der Waals surface area (Å²) in [5.41, 5.74) is 3.48. The van der Waals surface area contributed by atoms with Gasteiger partial charge in [0, 0.05) is 12.4 Å². The first-order chi connectivity index (χ1) is 5.66. The van der Waals surface area contributed by atoms with Crippen LogP contribution in [0.4, 0.5) is 0 Å². The molecule has 0 radical (unpaired) electrons. The maximum absolute atomic E-state index is 4.33. The summed E-state index contributed by atoms with van der Waals surface area (Å²) >= 11 is 3.35. The Balaban J connectivity index is 2.88. The second-order valence-corrected chi connectivity index (χ2v) is 3.81. The van der Waals surface area contributed by atoms with E-state index in [2.05, 4.69) is 47.0 Å². The van der Waals surface area contributed by atoms with Crippen LogP contribution in [-0.2, 0) is 0 Å². The van der Waals surface area contributed by atoms with Gasteiger partial charge in [-0.15, -0.1) is 0 Å². The van der Waals surface area contributed by atoms with Crippen LogP contribution < -0.4 is 0 Å². The predicted molar refractivity (Wildman–Crippen MR) is 52.4 cm³/mol. The molecule has 0 spiro atoms. The minimum Gasteiger partial charge on any atom is -0.305 e. The minimum atomic E-state index is 0.885. The number of fused-ring (bicyclic) bond motifs is 1. The largest absolute Gasteiger partial charge is 0.305 e. The molecule has 0 fully saturated rings. The van der Waals surface area contributed by atoms with Crippen molar-refractivity contribution >= 4 is 21.6 Å². The molecule has 2 aromatic rings. The Kier molecular flexibility index (Phi) is 1.68. The van der Waals surface area contributed by atoms with Gasteiger partial charge in [-0.2, -0.15) is 0 Å². The molecule has 2 rings (SSSR count). The van der Waals surface area contributed by atoms with Crippen LogP contribution in [0.2, 0.25) is 0 Å². The van der Waals surface area contributed by atoms with Crippen molar-refractivity contribution in [3.05, 3.63) is 34.2 Å². The highest BCUT2D eigenvalue weighted by Gasteiger charge is 2.01. The summed E-state index contributed by atoms with van der Waals surface area (Å²) in [6.07, 6.45) is 4.04. The zero-order valence-corrected chi connectivity index (χ0v) is 8.59. The Morgan fingerprint density at radius 1 is 1.33 bits per heavy atom. The number of rotatable bonds is 0. The van der Waals surface area contributed by atoms with E-state index in [0.29, 0.717) is 0 Å². The molecule has 0 aliphatic carbocycles. The second-order valence-electron chi connectivity index (χ2n) is 2.99. The number of nitrogens with zero attached hydrogens (tertiary/aromatic N) is 2. The zero-order chi connectivity index (χ0) is 8.72. The highest BCUT2D eigenvalue weighted by atomic mass is 79.9. The number of imidazole rings is 1. The van der Waals surface area contributed by atoms with Gasteiger partial charge in [-0.25, -0.2) is 4.98 Å². The fourth-order valence-electron chi connectivity index (χ4n) is 1.42. The van der Waals surface area contributed by atoms with Gasteiger partial charge in [-0.1, -0.05) is 6.07 Å². The van der Waals surface area contributed by atoms with Gasteiger partial charge in [0.2, 0.25) is 0 Å². The van der Waals surface area contributed by atoms with E-state index in [9.17, 15) is 0 Å². The smallest absolute Gasteiger partial charge is 0.141 e. The monoisotopic (exact) mass is 224 g/mol. The molecule has 0 saturated carbocycles. The molecule has 0 saturated heterocycles. The Morgan fingerprint density at radius 3 is 2.83 bits per heavy atom. The molecule has 0 amide bonds. The molecule has 0 atom stereocenters. The molecular formula is C9H9BrN2. The molecule has 2 nitrogen and oxygen atoms in total. The Bertz CT molecular complexity index is 431. The molecule has 0 unspecified atom stereocenters. The summed E-state index contributed by atoms with van der Waals surface area (Å²) in [5.74, 6) is 0. The molecule has 0 aromatic carbocycles. The topological polar surface area (TPSA) is 17.3 Å². The molecule has 2 aromatic heterocycles. The lowest BCUT2D eigenvalue weighted by atomic mass is 10.2. The minimum absolute atomic E-state index is 0.885. The normalized spacial score (nSPS) is 10.9. The van der Waals surface area contributed by atoms with E-state index in [-0.39, 0.29) is 0 Å². The SMILES string of the molecule is Cc1cc(C)c2nc(Br)cn2c1. The van der Waals surface area contributed by atoms with Crippen molar-refractivity contribution in [3.63, 3.8) is 0 Å². The van der Waals surface area contributed by atoms with Crippen LogP contribution in [0.1, 0.15) is 11.1 Å². The van der Waals surface area contributed by atoms with Crippen LogP contribution in [0.3, 0.4) is 0 Å². The molecule has 0 N–H and O–H groups in total. The third-order valence-corrected chi connectivity index (χ3v) is 2.22. The summed E-state index contributed by atoms with van der Waals surface area (Å²) < 4.78 is 2.92. The van der Waals surface area contributed by atoms with Crippen LogP contribution in [-0.4, -0.2) is 9.38 Å². The lowest BCUT2D eigenvalue weighted by Crippen LogP contribution is -1.88. The average molecular weight is 225 g/mol. The lowest BCUT2D eigenvalue weighted by Gasteiger charge is -1.98. The van der Waals surface area contributed by atoms with Gasteiger partial charge in [0.05, 0.1) is 0 Å². The van der Waals surface area contributed by atoms with E-state index in [0.717, 1.165) is 10.3 Å². The van der Waals surface area contributed by atoms with Gasteiger partial charge in [0.1, 0.15) is 10.3 Å². The summed E-state index contributed by atoms with van der Waals surface area (Å²) in [6, 6.07) is 2.13. The Morgan fingerprint density at radius 2 is 2.08 bits per heavy atom. The summed E-state index contributed by atoms with van der Waals surface area (Å²) in [6.45, 7) is 4.15. The number of hydrogen-bond donors (Lipinski definition) is 0. The maximum atomic E-state index is 4.33. The first-order valence-corrected chi connectivity index (χ1v) is 4.57. The summed E-state index contributed by atoms with van der Waals surface area (Å²) in [5, 5.41) is 0. The Hall–Kier alpha value is -0.830. The van der Waals surface area contributed by atoms with Crippen LogP contribution in [0.5, 0.6) is 0 Å². The van der Waals surface area contributed by atoms with Crippen molar-refractivity contribution in [1.82, 2.24) is 9.38 Å². The number of aryl methyl sites for hydroxylation is 2. The fraction of sp³-hybridized carbons (Fsp3) is 0.222. The molecule has 0 aliphatic heterocycles. The molecule has 12 heavy (non-hydrogen) atoms. The summed E-state index contributed by atoms with van der Waals surface area (Å²) in [7, 11) is 0. The molecule has 62 valence electrons. The van der Waals surface area contributed by atoms with Crippen LogP contribution >= 0.6 is 15.9 Å². The van der Waals surface area contributed by atoms with Crippen molar-refractivity contribution in [1.29, 1.82) is 0 Å². The molecule has 2 heterocycles. The predicted octanol–water partition coefficient (Wildman–Crippen LogP) is 2.71. The van der Waals surface area contributed by atoms with Crippen molar-refractivity contribution in [2.24, 2.45) is 0 Å². The maximum Gasteiger partial charge on any atom is 0.141 e. The van der Waals surface area contributed by atoms with Gasteiger partial charge >= 0.3 is 0 Å². The number of halogens is 1. The third kappa shape index (κ3) is 1.14.